The highest BCUT2D eigenvalue weighted by atomic mass is 79.9. The monoisotopic (exact) mass is 307 g/mol. The Bertz CT molecular complexity index is 516. The van der Waals surface area contributed by atoms with Crippen LogP contribution in [-0.4, -0.2) is 9.78 Å². The van der Waals surface area contributed by atoms with E-state index in [9.17, 15) is 0 Å². The Balaban J connectivity index is 1.98. The lowest BCUT2D eigenvalue weighted by atomic mass is 10.1. The fraction of sp³-hybridized carbons (Fsp3) is 0.357. The summed E-state index contributed by atoms with van der Waals surface area (Å²) in [5.74, 6) is 0. The van der Waals surface area contributed by atoms with E-state index in [0.717, 1.165) is 11.0 Å². The topological polar surface area (TPSA) is 29.9 Å². The third-order valence-corrected chi connectivity index (χ3v) is 3.83. The van der Waals surface area contributed by atoms with Gasteiger partial charge in [-0.25, -0.2) is 0 Å². The standard InChI is InChI=1S/C14H18BrN3/c1-10(12-4-6-14(15)7-5-12)16-8-13-9-17-18(3)11(13)2/h4-7,9-10,16H,8H2,1-3H3/t10-/m1/s1. The van der Waals surface area contributed by atoms with Gasteiger partial charge < -0.3 is 5.32 Å². The highest BCUT2D eigenvalue weighted by Gasteiger charge is 2.07. The first-order valence-electron chi connectivity index (χ1n) is 6.04. The molecule has 0 amide bonds. The molecule has 0 radical (unpaired) electrons. The number of aryl methyl sites for hydroxylation is 1. The molecule has 0 aliphatic carbocycles. The molecule has 0 fully saturated rings. The Morgan fingerprint density at radius 3 is 2.56 bits per heavy atom. The largest absolute Gasteiger partial charge is 0.306 e. The van der Waals surface area contributed by atoms with Crippen molar-refractivity contribution in [2.75, 3.05) is 0 Å². The molecule has 0 unspecified atom stereocenters. The summed E-state index contributed by atoms with van der Waals surface area (Å²) in [5, 5.41) is 7.77. The first-order chi connectivity index (χ1) is 8.58. The van der Waals surface area contributed by atoms with Gasteiger partial charge in [0.15, 0.2) is 0 Å². The number of nitrogens with one attached hydrogen (secondary N) is 1. The quantitative estimate of drug-likeness (QED) is 0.939. The molecule has 3 nitrogen and oxygen atoms in total. The fourth-order valence-corrected chi connectivity index (χ4v) is 2.11. The van der Waals surface area contributed by atoms with Crippen LogP contribution in [-0.2, 0) is 13.6 Å². The lowest BCUT2D eigenvalue weighted by molar-refractivity contribution is 0.572. The summed E-state index contributed by atoms with van der Waals surface area (Å²) in [6.45, 7) is 5.11. The van der Waals surface area contributed by atoms with Crippen LogP contribution in [0.2, 0.25) is 0 Å². The van der Waals surface area contributed by atoms with Crippen molar-refractivity contribution in [2.45, 2.75) is 26.4 Å². The molecule has 18 heavy (non-hydrogen) atoms. The van der Waals surface area contributed by atoms with Crippen molar-refractivity contribution in [3.05, 3.63) is 51.8 Å². The van der Waals surface area contributed by atoms with Crippen molar-refractivity contribution in [1.29, 1.82) is 0 Å². The second-order valence-corrected chi connectivity index (χ2v) is 5.45. The van der Waals surface area contributed by atoms with Crippen LogP contribution < -0.4 is 5.32 Å². The molecule has 0 saturated carbocycles. The molecule has 0 aliphatic rings. The van der Waals surface area contributed by atoms with Crippen LogP contribution >= 0.6 is 15.9 Å². The molecule has 1 heterocycles. The highest BCUT2D eigenvalue weighted by molar-refractivity contribution is 9.10. The molecular weight excluding hydrogens is 290 g/mol. The Kier molecular flexibility index (Phi) is 4.19. The highest BCUT2D eigenvalue weighted by Crippen LogP contribution is 2.17. The van der Waals surface area contributed by atoms with Crippen LogP contribution in [0.15, 0.2) is 34.9 Å². The summed E-state index contributed by atoms with van der Waals surface area (Å²) >= 11 is 3.45. The van der Waals surface area contributed by atoms with Gasteiger partial charge in [-0.05, 0) is 31.5 Å². The summed E-state index contributed by atoms with van der Waals surface area (Å²) in [6.07, 6.45) is 1.93. The normalized spacial score (nSPS) is 12.7. The first-order valence-corrected chi connectivity index (χ1v) is 6.83. The zero-order valence-corrected chi connectivity index (χ0v) is 12.5. The fourth-order valence-electron chi connectivity index (χ4n) is 1.85. The minimum Gasteiger partial charge on any atom is -0.306 e. The van der Waals surface area contributed by atoms with Crippen molar-refractivity contribution in [1.82, 2.24) is 15.1 Å². The first kappa shape index (κ1) is 13.3. The molecule has 1 aromatic heterocycles. The van der Waals surface area contributed by atoms with E-state index in [2.05, 4.69) is 64.5 Å². The maximum atomic E-state index is 4.25. The number of hydrogen-bond acceptors (Lipinski definition) is 2. The molecule has 0 saturated heterocycles. The van der Waals surface area contributed by atoms with E-state index < -0.39 is 0 Å². The van der Waals surface area contributed by atoms with E-state index in [-0.39, 0.29) is 0 Å². The zero-order chi connectivity index (χ0) is 13.1. The second-order valence-electron chi connectivity index (χ2n) is 4.53. The van der Waals surface area contributed by atoms with Gasteiger partial charge in [-0.1, -0.05) is 28.1 Å². The van der Waals surface area contributed by atoms with Crippen LogP contribution in [0.5, 0.6) is 0 Å². The number of hydrogen-bond donors (Lipinski definition) is 1. The van der Waals surface area contributed by atoms with Crippen LogP contribution in [0.25, 0.3) is 0 Å². The third-order valence-electron chi connectivity index (χ3n) is 3.31. The van der Waals surface area contributed by atoms with Gasteiger partial charge in [0.1, 0.15) is 0 Å². The van der Waals surface area contributed by atoms with Crippen LogP contribution in [0.3, 0.4) is 0 Å². The zero-order valence-electron chi connectivity index (χ0n) is 10.9. The molecule has 2 rings (SSSR count). The summed E-state index contributed by atoms with van der Waals surface area (Å²) in [5.41, 5.74) is 3.76. The predicted octanol–water partition coefficient (Wildman–Crippen LogP) is 3.34. The molecule has 4 heteroatoms. The molecule has 2 aromatic rings. The van der Waals surface area contributed by atoms with Gasteiger partial charge in [0.2, 0.25) is 0 Å². The Morgan fingerprint density at radius 1 is 1.33 bits per heavy atom. The minimum atomic E-state index is 0.331. The van der Waals surface area contributed by atoms with E-state index in [1.165, 1.54) is 16.8 Å². The second kappa shape index (κ2) is 5.67. The van der Waals surface area contributed by atoms with Crippen molar-refractivity contribution in [2.24, 2.45) is 7.05 Å². The van der Waals surface area contributed by atoms with E-state index in [4.69, 9.17) is 0 Å². The van der Waals surface area contributed by atoms with Gasteiger partial charge in [0.05, 0.1) is 6.20 Å². The molecule has 96 valence electrons. The molecule has 1 aromatic carbocycles. The number of benzene rings is 1. The van der Waals surface area contributed by atoms with Gasteiger partial charge in [0.25, 0.3) is 0 Å². The number of aromatic nitrogens is 2. The molecule has 0 aliphatic heterocycles. The summed E-state index contributed by atoms with van der Waals surface area (Å²) in [6, 6.07) is 8.75. The summed E-state index contributed by atoms with van der Waals surface area (Å²) in [7, 11) is 1.97. The minimum absolute atomic E-state index is 0.331. The summed E-state index contributed by atoms with van der Waals surface area (Å²) < 4.78 is 3.02. The van der Waals surface area contributed by atoms with Crippen molar-refractivity contribution >= 4 is 15.9 Å². The van der Waals surface area contributed by atoms with E-state index in [1.807, 2.05) is 17.9 Å². The van der Waals surface area contributed by atoms with E-state index in [1.54, 1.807) is 0 Å². The maximum Gasteiger partial charge on any atom is 0.0537 e. The van der Waals surface area contributed by atoms with Gasteiger partial charge in [0, 0.05) is 35.4 Å². The number of rotatable bonds is 4. The van der Waals surface area contributed by atoms with Crippen molar-refractivity contribution in [3.63, 3.8) is 0 Å². The lowest BCUT2D eigenvalue weighted by Gasteiger charge is -2.14. The Labute approximate surface area is 116 Å². The van der Waals surface area contributed by atoms with E-state index >= 15 is 0 Å². The van der Waals surface area contributed by atoms with Crippen LogP contribution in [0, 0.1) is 6.92 Å². The average Bonchev–Trinajstić information content (AvgIpc) is 2.68. The van der Waals surface area contributed by atoms with E-state index in [0.29, 0.717) is 6.04 Å². The SMILES string of the molecule is Cc1c(CN[C@H](C)c2ccc(Br)cc2)cnn1C. The van der Waals surface area contributed by atoms with Crippen molar-refractivity contribution in [3.8, 4) is 0 Å². The molecule has 0 bridgehead atoms. The Morgan fingerprint density at radius 2 is 2.00 bits per heavy atom. The molecule has 1 atom stereocenters. The smallest absolute Gasteiger partial charge is 0.0537 e. The van der Waals surface area contributed by atoms with Gasteiger partial charge >= 0.3 is 0 Å². The van der Waals surface area contributed by atoms with Crippen molar-refractivity contribution < 1.29 is 0 Å². The van der Waals surface area contributed by atoms with Gasteiger partial charge in [-0.15, -0.1) is 0 Å². The van der Waals surface area contributed by atoms with Gasteiger partial charge in [-0.3, -0.25) is 4.68 Å². The molecule has 1 N–H and O–H groups in total. The average molecular weight is 308 g/mol. The van der Waals surface area contributed by atoms with Gasteiger partial charge in [-0.2, -0.15) is 5.10 Å². The maximum absolute atomic E-state index is 4.25. The number of halogens is 1. The van der Waals surface area contributed by atoms with Crippen LogP contribution in [0.1, 0.15) is 29.8 Å². The van der Waals surface area contributed by atoms with Crippen LogP contribution in [0.4, 0.5) is 0 Å². The number of nitrogens with zero attached hydrogens (tertiary/aromatic N) is 2. The lowest BCUT2D eigenvalue weighted by Crippen LogP contribution is -2.18. The summed E-state index contributed by atoms with van der Waals surface area (Å²) in [4.78, 5) is 0. The predicted molar refractivity (Wildman–Crippen MR) is 77.3 cm³/mol. The molecular formula is C14H18BrN3. The molecule has 0 spiro atoms. The third kappa shape index (κ3) is 3.00. The Hall–Kier alpha value is -1.13.